The standard InChI is InChI=1S/C53H78N12O19/c1-26(2)20-33-45(76)55-24-39(68)57-30(13-16-38(54)67)46(77)61-34(21-27(3)4)49(80)63-36(23-43(74)75)53(84)65-19-9-12-37(65)51(82)59-32(15-18-42(72)73)48(79)64-44(28(5)66)52(83)56-25-40(69)58-31(14-17-41(70)71)47(78)62-35(50(81)60-33)22-29-10-7-6-8-11-29/h6-8,10-11,26-28,30-37,44,66H,9,12-25H2,1-5H3,(H2,54,67)(H,55,76)(H,56,83)(H,57,68)(H,58,69)(H,59,82)(H,60,81)(H,61,77)(H,62,78)(H,63,80)(H,64,79)(H,70,71)(H,72,73)(H,74,75)/t28-,30+,31+,32+,33+,34+,35+,36+,37+,44+/m1/s1. The van der Waals surface area contributed by atoms with Gasteiger partial charge in [0, 0.05) is 32.2 Å². The molecule has 16 N–H and O–H groups in total. The maximum Gasteiger partial charge on any atom is 0.305 e. The number of carboxylic acids is 3. The molecule has 31 nitrogen and oxygen atoms in total. The maximum atomic E-state index is 14.2. The van der Waals surface area contributed by atoms with Crippen molar-refractivity contribution in [2.75, 3.05) is 19.6 Å². The number of fused-ring (bicyclic) bond motifs is 1. The Morgan fingerprint density at radius 2 is 0.952 bits per heavy atom. The van der Waals surface area contributed by atoms with Gasteiger partial charge in [-0.25, -0.2) is 0 Å². The summed E-state index contributed by atoms with van der Waals surface area (Å²) in [4.78, 5) is 201. The summed E-state index contributed by atoms with van der Waals surface area (Å²) in [6.07, 6.45) is -6.74. The van der Waals surface area contributed by atoms with Gasteiger partial charge in [0.1, 0.15) is 54.4 Å². The summed E-state index contributed by atoms with van der Waals surface area (Å²) >= 11 is 0. The van der Waals surface area contributed by atoms with E-state index in [2.05, 4.69) is 53.2 Å². The molecule has 0 aliphatic carbocycles. The van der Waals surface area contributed by atoms with Gasteiger partial charge in [0.15, 0.2) is 0 Å². The fourth-order valence-corrected chi connectivity index (χ4v) is 9.05. The van der Waals surface area contributed by atoms with Crippen LogP contribution in [0.2, 0.25) is 0 Å². The van der Waals surface area contributed by atoms with Crippen molar-refractivity contribution in [3.05, 3.63) is 35.9 Å². The molecule has 3 rings (SSSR count). The quantitative estimate of drug-likeness (QED) is 0.0657. The summed E-state index contributed by atoms with van der Waals surface area (Å²) in [6.45, 7) is 5.81. The predicted molar refractivity (Wildman–Crippen MR) is 291 cm³/mol. The first-order valence-electron chi connectivity index (χ1n) is 27.4. The highest BCUT2D eigenvalue weighted by Gasteiger charge is 2.42. The number of amides is 12. The van der Waals surface area contributed by atoms with E-state index in [0.717, 1.165) is 11.8 Å². The molecule has 0 spiro atoms. The second-order valence-corrected chi connectivity index (χ2v) is 21.3. The summed E-state index contributed by atoms with van der Waals surface area (Å²) < 4.78 is 0. The number of hydrogen-bond acceptors (Lipinski definition) is 16. The fourth-order valence-electron chi connectivity index (χ4n) is 9.05. The predicted octanol–water partition coefficient (Wildman–Crippen LogP) is -4.71. The number of carbonyl (C=O) groups excluding carboxylic acids is 12. The second kappa shape index (κ2) is 34.0. The molecule has 2 saturated heterocycles. The zero-order valence-electron chi connectivity index (χ0n) is 47.4. The number of carbonyl (C=O) groups is 15. The highest BCUT2D eigenvalue weighted by molar-refractivity contribution is 6.00. The molecule has 0 aromatic heterocycles. The van der Waals surface area contributed by atoms with Gasteiger partial charge in [-0.1, -0.05) is 58.0 Å². The Morgan fingerprint density at radius 1 is 0.524 bits per heavy atom. The maximum absolute atomic E-state index is 14.2. The molecule has 31 heteroatoms. The van der Waals surface area contributed by atoms with Crippen LogP contribution in [0.15, 0.2) is 30.3 Å². The Labute approximate surface area is 483 Å². The van der Waals surface area contributed by atoms with E-state index in [-0.39, 0.29) is 50.5 Å². The van der Waals surface area contributed by atoms with Gasteiger partial charge >= 0.3 is 17.9 Å². The molecule has 464 valence electrons. The molecule has 1 aromatic carbocycles. The molecule has 1 aromatic rings. The van der Waals surface area contributed by atoms with Gasteiger partial charge in [-0.05, 0) is 69.3 Å². The van der Waals surface area contributed by atoms with Gasteiger partial charge in [0.2, 0.25) is 70.9 Å². The molecule has 10 atom stereocenters. The van der Waals surface area contributed by atoms with Crippen molar-refractivity contribution in [1.82, 2.24) is 58.1 Å². The van der Waals surface area contributed by atoms with Crippen molar-refractivity contribution < 1.29 is 92.3 Å². The first-order valence-corrected chi connectivity index (χ1v) is 27.4. The molecule has 0 unspecified atom stereocenters. The summed E-state index contributed by atoms with van der Waals surface area (Å²) in [7, 11) is 0. The van der Waals surface area contributed by atoms with Crippen LogP contribution in [0.1, 0.15) is 111 Å². The van der Waals surface area contributed by atoms with Crippen molar-refractivity contribution in [2.45, 2.75) is 172 Å². The molecule has 0 saturated carbocycles. The molecule has 2 heterocycles. The number of nitrogens with one attached hydrogen (secondary N) is 10. The van der Waals surface area contributed by atoms with E-state index < -0.39 is 207 Å². The SMILES string of the molecule is CC(C)C[C@@H]1NC(=O)[C@H](Cc2ccccc2)NC(=O)[C@H](CCC(=O)O)NC(=O)CNC(=O)[C@H]([C@@H](C)O)NC(=O)[C@H](CCC(=O)O)NC(=O)[C@@H]2CCCN2C(=O)[C@H](CC(=O)O)NC(=O)[C@H](CC(C)C)NC(=O)[C@H](CCC(N)=O)NC(=O)CNC1=O. The third kappa shape index (κ3) is 24.0. The normalized spacial score (nSPS) is 25.0. The van der Waals surface area contributed by atoms with Crippen molar-refractivity contribution >= 4 is 88.8 Å². The minimum Gasteiger partial charge on any atom is -0.481 e. The van der Waals surface area contributed by atoms with Gasteiger partial charge in [0.05, 0.1) is 25.6 Å². The molecular weight excluding hydrogens is 1110 g/mol. The van der Waals surface area contributed by atoms with Gasteiger partial charge in [-0.15, -0.1) is 0 Å². The molecule has 12 amide bonds. The first-order chi connectivity index (χ1) is 39.4. The minimum atomic E-state index is -1.91. The number of benzene rings is 1. The van der Waals surface area contributed by atoms with E-state index in [1.54, 1.807) is 58.0 Å². The Bertz CT molecular complexity index is 2580. The average Bonchev–Trinajstić information content (AvgIpc) is 4.14. The molecule has 0 radical (unpaired) electrons. The lowest BCUT2D eigenvalue weighted by atomic mass is 10.0. The molecule has 2 aliphatic rings. The minimum absolute atomic E-state index is 0.0470. The average molecular weight is 1190 g/mol. The van der Waals surface area contributed by atoms with E-state index in [0.29, 0.717) is 5.56 Å². The zero-order valence-corrected chi connectivity index (χ0v) is 47.4. The molecule has 2 fully saturated rings. The van der Waals surface area contributed by atoms with Crippen LogP contribution in [-0.4, -0.2) is 194 Å². The van der Waals surface area contributed by atoms with Crippen molar-refractivity contribution in [3.8, 4) is 0 Å². The lowest BCUT2D eigenvalue weighted by Crippen LogP contribution is -2.60. The summed E-state index contributed by atoms with van der Waals surface area (Å²) in [5, 5.41) is 63.3. The van der Waals surface area contributed by atoms with Crippen LogP contribution in [0.4, 0.5) is 0 Å². The molecule has 0 bridgehead atoms. The lowest BCUT2D eigenvalue weighted by molar-refractivity contribution is -0.146. The van der Waals surface area contributed by atoms with Crippen LogP contribution >= 0.6 is 0 Å². The third-order valence-corrected chi connectivity index (χ3v) is 13.2. The van der Waals surface area contributed by atoms with E-state index in [1.165, 1.54) is 0 Å². The fraction of sp³-hybridized carbons (Fsp3) is 0.604. The van der Waals surface area contributed by atoms with Crippen molar-refractivity contribution in [2.24, 2.45) is 17.6 Å². The number of aliphatic carboxylic acids is 3. The van der Waals surface area contributed by atoms with Crippen LogP contribution in [-0.2, 0) is 78.3 Å². The van der Waals surface area contributed by atoms with Gasteiger partial charge in [0.25, 0.3) is 0 Å². The largest absolute Gasteiger partial charge is 0.481 e. The van der Waals surface area contributed by atoms with E-state index in [1.807, 2.05) is 0 Å². The van der Waals surface area contributed by atoms with Crippen LogP contribution in [0.25, 0.3) is 0 Å². The number of nitrogens with zero attached hydrogens (tertiary/aromatic N) is 1. The number of rotatable bonds is 18. The van der Waals surface area contributed by atoms with E-state index >= 15 is 0 Å². The van der Waals surface area contributed by atoms with E-state index in [9.17, 15) is 92.3 Å². The zero-order chi connectivity index (χ0) is 63.0. The number of hydrogen-bond donors (Lipinski definition) is 15. The van der Waals surface area contributed by atoms with Crippen LogP contribution in [0.3, 0.4) is 0 Å². The number of nitrogens with two attached hydrogens (primary N) is 1. The van der Waals surface area contributed by atoms with Gasteiger partial charge < -0.3 is 84.2 Å². The van der Waals surface area contributed by atoms with Crippen molar-refractivity contribution in [1.29, 1.82) is 0 Å². The van der Waals surface area contributed by atoms with Crippen LogP contribution < -0.4 is 58.9 Å². The smallest absolute Gasteiger partial charge is 0.305 e. The van der Waals surface area contributed by atoms with Gasteiger partial charge in [-0.3, -0.25) is 71.9 Å². The highest BCUT2D eigenvalue weighted by Crippen LogP contribution is 2.21. The topological polar surface area (TPSA) is 487 Å². The van der Waals surface area contributed by atoms with Crippen LogP contribution in [0.5, 0.6) is 0 Å². The Balaban J connectivity index is 2.16. The number of aliphatic hydroxyl groups excluding tert-OH is 1. The van der Waals surface area contributed by atoms with Crippen LogP contribution in [0, 0.1) is 11.8 Å². The molecular formula is C53H78N12O19. The molecule has 2 aliphatic heterocycles. The summed E-state index contributed by atoms with van der Waals surface area (Å²) in [5.74, 6) is -17.8. The lowest BCUT2D eigenvalue weighted by Gasteiger charge is -2.31. The Hall–Kier alpha value is -8.77. The van der Waals surface area contributed by atoms with E-state index in [4.69, 9.17) is 5.73 Å². The van der Waals surface area contributed by atoms with Gasteiger partial charge in [-0.2, -0.15) is 0 Å². The summed E-state index contributed by atoms with van der Waals surface area (Å²) in [6, 6.07) is -6.67. The third-order valence-electron chi connectivity index (χ3n) is 13.2. The first kappa shape index (κ1) is 69.5. The second-order valence-electron chi connectivity index (χ2n) is 21.3. The molecule has 84 heavy (non-hydrogen) atoms. The monoisotopic (exact) mass is 1190 g/mol. The number of aliphatic hydroxyl groups is 1. The number of carboxylic acid groups (broad SMARTS) is 3. The Morgan fingerprint density at radius 3 is 1.44 bits per heavy atom. The van der Waals surface area contributed by atoms with Crippen molar-refractivity contribution in [3.63, 3.8) is 0 Å². The Kier molecular flexibility index (Phi) is 28.1. The summed E-state index contributed by atoms with van der Waals surface area (Å²) in [5.41, 5.74) is 5.87. The number of primary amides is 1. The highest BCUT2D eigenvalue weighted by atomic mass is 16.4.